The second kappa shape index (κ2) is 14.8. The van der Waals surface area contributed by atoms with E-state index < -0.39 is 21.0 Å². The molecule has 9 heteroatoms. The predicted molar refractivity (Wildman–Crippen MR) is 93.2 cm³/mol. The molecule has 0 saturated heterocycles. The monoisotopic (exact) mass is 376 g/mol. The van der Waals surface area contributed by atoms with Crippen molar-refractivity contribution in [1.82, 2.24) is 0 Å². The molecule has 0 fully saturated rings. The lowest BCUT2D eigenvalue weighted by Gasteiger charge is -2.13. The zero-order chi connectivity index (χ0) is 19.1. The first-order valence-corrected chi connectivity index (χ1v) is 10.3. The van der Waals surface area contributed by atoms with Gasteiger partial charge in [0.25, 0.3) is 0 Å². The molecule has 0 aromatic heterocycles. The predicted octanol–water partition coefficient (Wildman–Crippen LogP) is 1.10. The van der Waals surface area contributed by atoms with Gasteiger partial charge in [0, 0.05) is 11.1 Å². The molecule has 1 unspecified atom stereocenters. The summed E-state index contributed by atoms with van der Waals surface area (Å²) in [6.07, 6.45) is 0.458. The fourth-order valence-corrected chi connectivity index (χ4v) is 2.09. The van der Waals surface area contributed by atoms with E-state index in [-0.39, 0.29) is 40.0 Å². The topological polar surface area (TPSA) is 89.5 Å². The molecule has 0 saturated carbocycles. The maximum Gasteiger partial charge on any atom is 0.333 e. The highest BCUT2D eigenvalue weighted by Crippen LogP contribution is 1.94. The third kappa shape index (κ3) is 14.5. The number of ether oxygens (including phenoxy) is 5. The minimum absolute atomic E-state index is 0.100. The SMILES string of the molecule is C=C(C)C(=O)OCCOCOC[SiH](C)OCOCCOC(=O)C(=C)C. The van der Waals surface area contributed by atoms with Gasteiger partial charge < -0.3 is 28.1 Å². The van der Waals surface area contributed by atoms with Crippen molar-refractivity contribution in [1.29, 1.82) is 0 Å². The zero-order valence-electron chi connectivity index (χ0n) is 15.2. The molecule has 144 valence electrons. The second-order valence-electron chi connectivity index (χ2n) is 5.23. The van der Waals surface area contributed by atoms with Crippen LogP contribution in [0.2, 0.25) is 6.55 Å². The van der Waals surface area contributed by atoms with Gasteiger partial charge in [0.1, 0.15) is 26.8 Å². The molecule has 0 aliphatic heterocycles. The van der Waals surface area contributed by atoms with Crippen LogP contribution in [0.1, 0.15) is 13.8 Å². The Morgan fingerprint density at radius 3 is 1.76 bits per heavy atom. The van der Waals surface area contributed by atoms with E-state index in [9.17, 15) is 9.59 Å². The molecule has 1 atom stereocenters. The van der Waals surface area contributed by atoms with E-state index in [0.29, 0.717) is 17.4 Å². The fraction of sp³-hybridized carbons (Fsp3) is 0.625. The molecule has 0 spiro atoms. The molecular weight excluding hydrogens is 348 g/mol. The Kier molecular flexibility index (Phi) is 13.9. The number of esters is 2. The summed E-state index contributed by atoms with van der Waals surface area (Å²) in [7, 11) is -1.52. The molecule has 0 rings (SSSR count). The highest BCUT2D eigenvalue weighted by Gasteiger charge is 2.06. The highest BCUT2D eigenvalue weighted by atomic mass is 28.3. The van der Waals surface area contributed by atoms with Gasteiger partial charge in [-0.25, -0.2) is 9.59 Å². The minimum atomic E-state index is -1.52. The summed E-state index contributed by atoms with van der Waals surface area (Å²) in [5, 5.41) is 0. The molecule has 0 radical (unpaired) electrons. The van der Waals surface area contributed by atoms with Crippen LogP contribution in [0.5, 0.6) is 0 Å². The largest absolute Gasteiger partial charge is 0.460 e. The van der Waals surface area contributed by atoms with Crippen molar-refractivity contribution < 1.29 is 37.7 Å². The Morgan fingerprint density at radius 2 is 1.28 bits per heavy atom. The van der Waals surface area contributed by atoms with Gasteiger partial charge in [0.2, 0.25) is 9.04 Å². The van der Waals surface area contributed by atoms with Gasteiger partial charge in [-0.3, -0.25) is 0 Å². The van der Waals surface area contributed by atoms with Crippen LogP contribution in [-0.4, -0.2) is 67.2 Å². The first-order chi connectivity index (χ1) is 11.8. The Morgan fingerprint density at radius 1 is 0.800 bits per heavy atom. The first kappa shape index (κ1) is 23.5. The number of hydrogen-bond donors (Lipinski definition) is 0. The van der Waals surface area contributed by atoms with Gasteiger partial charge in [-0.05, 0) is 20.4 Å². The summed E-state index contributed by atoms with van der Waals surface area (Å²) >= 11 is 0. The van der Waals surface area contributed by atoms with Crippen LogP contribution in [0.15, 0.2) is 24.3 Å². The summed E-state index contributed by atoms with van der Waals surface area (Å²) in [5.41, 5.74) is 0.704. The Hall–Kier alpha value is -1.52. The van der Waals surface area contributed by atoms with E-state index in [1.165, 1.54) is 0 Å². The summed E-state index contributed by atoms with van der Waals surface area (Å²) < 4.78 is 30.9. The van der Waals surface area contributed by atoms with Crippen molar-refractivity contribution in [3.8, 4) is 0 Å². The van der Waals surface area contributed by atoms with Crippen molar-refractivity contribution in [2.75, 3.05) is 46.2 Å². The second-order valence-corrected chi connectivity index (χ2v) is 7.52. The standard InChI is InChI=1S/C16H28O8Si/c1-13(2)15(17)22-8-6-19-10-21-12-25(5)24-11-20-7-9-23-16(18)14(3)4/h25H,1,3,6-12H2,2,4-5H3. The van der Waals surface area contributed by atoms with Crippen LogP contribution in [0.3, 0.4) is 0 Å². The van der Waals surface area contributed by atoms with E-state index in [2.05, 4.69) is 13.2 Å². The van der Waals surface area contributed by atoms with Gasteiger partial charge in [0.15, 0.2) is 0 Å². The van der Waals surface area contributed by atoms with Gasteiger partial charge in [-0.15, -0.1) is 0 Å². The molecule has 0 N–H and O–H groups in total. The van der Waals surface area contributed by atoms with E-state index in [1.807, 2.05) is 6.55 Å². The average molecular weight is 376 g/mol. The number of hydrogen-bond acceptors (Lipinski definition) is 8. The molecular formula is C16H28O8Si. The van der Waals surface area contributed by atoms with Crippen molar-refractivity contribution in [2.45, 2.75) is 20.4 Å². The molecule has 0 amide bonds. The molecule has 25 heavy (non-hydrogen) atoms. The molecule has 0 aromatic carbocycles. The van der Waals surface area contributed by atoms with Crippen molar-refractivity contribution in [3.05, 3.63) is 24.3 Å². The van der Waals surface area contributed by atoms with Crippen LogP contribution in [-0.2, 0) is 37.7 Å². The summed E-state index contributed by atoms with van der Waals surface area (Å²) in [5.74, 6) is -0.872. The Balaban J connectivity index is 3.37. The van der Waals surface area contributed by atoms with Crippen LogP contribution in [0.25, 0.3) is 0 Å². The van der Waals surface area contributed by atoms with Crippen LogP contribution in [0, 0.1) is 0 Å². The van der Waals surface area contributed by atoms with E-state index in [0.717, 1.165) is 0 Å². The van der Waals surface area contributed by atoms with Gasteiger partial charge in [-0.2, -0.15) is 0 Å². The van der Waals surface area contributed by atoms with Crippen LogP contribution < -0.4 is 0 Å². The van der Waals surface area contributed by atoms with Gasteiger partial charge in [0.05, 0.1) is 19.4 Å². The zero-order valence-corrected chi connectivity index (χ0v) is 16.4. The molecule has 0 bridgehead atoms. The Bertz CT molecular complexity index is 438. The van der Waals surface area contributed by atoms with Crippen LogP contribution >= 0.6 is 0 Å². The quantitative estimate of drug-likeness (QED) is 0.138. The molecule has 0 aliphatic carbocycles. The van der Waals surface area contributed by atoms with Crippen molar-refractivity contribution >= 4 is 21.0 Å². The molecule has 0 aromatic rings. The lowest BCUT2D eigenvalue weighted by Crippen LogP contribution is -2.24. The summed E-state index contributed by atoms with van der Waals surface area (Å²) in [4.78, 5) is 22.2. The summed E-state index contributed by atoms with van der Waals surface area (Å²) in [6, 6.07) is 0. The smallest absolute Gasteiger partial charge is 0.333 e. The van der Waals surface area contributed by atoms with E-state index >= 15 is 0 Å². The first-order valence-electron chi connectivity index (χ1n) is 7.84. The number of carbonyl (C=O) groups excluding carboxylic acids is 2. The van der Waals surface area contributed by atoms with E-state index in [4.69, 9.17) is 28.1 Å². The third-order valence-electron chi connectivity index (χ3n) is 2.57. The maximum absolute atomic E-state index is 11.1. The van der Waals surface area contributed by atoms with Crippen molar-refractivity contribution in [2.24, 2.45) is 0 Å². The molecule has 0 aliphatic rings. The normalized spacial score (nSPS) is 11.6. The lowest BCUT2D eigenvalue weighted by atomic mass is 10.4. The van der Waals surface area contributed by atoms with Gasteiger partial charge >= 0.3 is 11.9 Å². The summed E-state index contributed by atoms with van der Waals surface area (Å²) in [6.45, 7) is 13.1. The third-order valence-corrected chi connectivity index (χ3v) is 3.98. The Labute approximate surface area is 150 Å². The minimum Gasteiger partial charge on any atom is -0.460 e. The maximum atomic E-state index is 11.1. The lowest BCUT2D eigenvalue weighted by molar-refractivity contribution is -0.142. The van der Waals surface area contributed by atoms with E-state index in [1.54, 1.807) is 13.8 Å². The molecule has 8 nitrogen and oxygen atoms in total. The highest BCUT2D eigenvalue weighted by molar-refractivity contribution is 6.49. The fourth-order valence-electron chi connectivity index (χ4n) is 1.24. The van der Waals surface area contributed by atoms with Gasteiger partial charge in [-0.1, -0.05) is 13.2 Å². The molecule has 0 heterocycles. The van der Waals surface area contributed by atoms with Crippen molar-refractivity contribution in [3.63, 3.8) is 0 Å². The average Bonchev–Trinajstić information content (AvgIpc) is 2.56. The number of carbonyl (C=O) groups is 2. The number of rotatable bonds is 15. The van der Waals surface area contributed by atoms with Crippen LogP contribution in [0.4, 0.5) is 0 Å².